The average molecular weight is 305 g/mol. The van der Waals surface area contributed by atoms with Crippen LogP contribution in [-0.2, 0) is 4.79 Å². The van der Waals surface area contributed by atoms with Crippen molar-refractivity contribution in [3.63, 3.8) is 0 Å². The van der Waals surface area contributed by atoms with E-state index >= 15 is 0 Å². The third kappa shape index (κ3) is 3.83. The molecule has 1 aromatic rings. The first-order valence-corrected chi connectivity index (χ1v) is 7.67. The van der Waals surface area contributed by atoms with Crippen molar-refractivity contribution in [2.24, 2.45) is 5.14 Å². The van der Waals surface area contributed by atoms with E-state index in [9.17, 15) is 9.90 Å². The predicted octanol–water partition coefficient (Wildman–Crippen LogP) is 2.52. The molecule has 0 bridgehead atoms. The standard InChI is InChI=1S/C15H16NO2PS/c16-20-13-7-1-10(2-8-13)9-14(15(17)18)11-3-5-12(19)6-4-11/h1-7,9,13H,8,16,19H2,(H,17,18)/b14-9+. The highest BCUT2D eigenvalue weighted by Crippen LogP contribution is 2.23. The molecule has 0 aromatic heterocycles. The molecule has 3 N–H and O–H groups in total. The molecule has 2 atom stereocenters. The summed E-state index contributed by atoms with van der Waals surface area (Å²) in [4.78, 5) is 11.4. The molecule has 3 nitrogen and oxygen atoms in total. The molecule has 0 radical (unpaired) electrons. The van der Waals surface area contributed by atoms with E-state index in [4.69, 9.17) is 5.14 Å². The van der Waals surface area contributed by atoms with E-state index in [1.165, 1.54) is 11.9 Å². The molecular weight excluding hydrogens is 289 g/mol. The number of rotatable bonds is 4. The lowest BCUT2D eigenvalue weighted by Gasteiger charge is -2.12. The number of carbonyl (C=O) groups is 1. The molecule has 5 heteroatoms. The van der Waals surface area contributed by atoms with Gasteiger partial charge in [0.1, 0.15) is 0 Å². The molecule has 0 saturated heterocycles. The lowest BCUT2D eigenvalue weighted by molar-refractivity contribution is -0.130. The van der Waals surface area contributed by atoms with Crippen molar-refractivity contribution in [1.29, 1.82) is 0 Å². The van der Waals surface area contributed by atoms with Gasteiger partial charge < -0.3 is 5.11 Å². The largest absolute Gasteiger partial charge is 0.478 e. The van der Waals surface area contributed by atoms with E-state index in [1.807, 2.05) is 42.5 Å². The second kappa shape index (κ2) is 6.89. The highest BCUT2D eigenvalue weighted by Gasteiger charge is 2.12. The molecule has 20 heavy (non-hydrogen) atoms. The van der Waals surface area contributed by atoms with E-state index in [-0.39, 0.29) is 5.25 Å². The Kier molecular flexibility index (Phi) is 5.18. The number of nitrogens with two attached hydrogens (primary N) is 1. The van der Waals surface area contributed by atoms with Gasteiger partial charge in [0.25, 0.3) is 0 Å². The van der Waals surface area contributed by atoms with Crippen molar-refractivity contribution in [3.05, 3.63) is 59.7 Å². The number of hydrogen-bond donors (Lipinski definition) is 2. The second-order valence-electron chi connectivity index (χ2n) is 4.46. The van der Waals surface area contributed by atoms with Crippen LogP contribution < -0.4 is 10.4 Å². The first kappa shape index (κ1) is 15.0. The minimum atomic E-state index is -0.925. The molecule has 104 valence electrons. The van der Waals surface area contributed by atoms with Crippen LogP contribution in [0.1, 0.15) is 12.0 Å². The molecular formula is C15H16NO2PS. The van der Waals surface area contributed by atoms with Crippen molar-refractivity contribution in [3.8, 4) is 0 Å². The Bertz CT molecular complexity index is 590. The van der Waals surface area contributed by atoms with Crippen LogP contribution >= 0.6 is 21.2 Å². The zero-order valence-electron chi connectivity index (χ0n) is 10.8. The Labute approximate surface area is 125 Å². The summed E-state index contributed by atoms with van der Waals surface area (Å²) in [6, 6.07) is 7.38. The number of carboxylic acids is 1. The number of allylic oxidation sites excluding steroid dienone is 4. The fraction of sp³-hybridized carbons (Fsp3) is 0.133. The van der Waals surface area contributed by atoms with Crippen LogP contribution in [0.5, 0.6) is 0 Å². The number of benzene rings is 1. The molecule has 0 amide bonds. The fourth-order valence-electron chi connectivity index (χ4n) is 1.92. The van der Waals surface area contributed by atoms with Crippen LogP contribution in [0.4, 0.5) is 0 Å². The van der Waals surface area contributed by atoms with Gasteiger partial charge in [0, 0.05) is 5.25 Å². The molecule has 1 aliphatic rings. The summed E-state index contributed by atoms with van der Waals surface area (Å²) < 4.78 is 0. The van der Waals surface area contributed by atoms with Gasteiger partial charge in [-0.15, -0.1) is 9.24 Å². The third-order valence-corrected chi connectivity index (χ3v) is 4.11. The summed E-state index contributed by atoms with van der Waals surface area (Å²) in [7, 11) is 2.58. The van der Waals surface area contributed by atoms with Gasteiger partial charge in [-0.3, -0.25) is 5.14 Å². The van der Waals surface area contributed by atoms with Crippen molar-refractivity contribution >= 4 is 38.0 Å². The van der Waals surface area contributed by atoms with Crippen molar-refractivity contribution in [2.45, 2.75) is 11.7 Å². The van der Waals surface area contributed by atoms with Crippen molar-refractivity contribution < 1.29 is 9.90 Å². The first-order valence-electron chi connectivity index (χ1n) is 6.15. The molecule has 0 saturated carbocycles. The predicted molar refractivity (Wildman–Crippen MR) is 88.8 cm³/mol. The summed E-state index contributed by atoms with van der Waals surface area (Å²) in [5.41, 5.74) is 1.90. The van der Waals surface area contributed by atoms with Gasteiger partial charge >= 0.3 is 5.97 Å². The van der Waals surface area contributed by atoms with Gasteiger partial charge in [0.05, 0.1) is 5.57 Å². The summed E-state index contributed by atoms with van der Waals surface area (Å²) in [6.45, 7) is 0. The quantitative estimate of drug-likeness (QED) is 0.510. The SMILES string of the molecule is NSC1C=CC(/C=C(/C(=O)O)c2ccc(P)cc2)=CC1. The highest BCUT2D eigenvalue weighted by molar-refractivity contribution is 7.97. The zero-order valence-corrected chi connectivity index (χ0v) is 12.8. The maximum atomic E-state index is 11.4. The summed E-state index contributed by atoms with van der Waals surface area (Å²) in [5.74, 6) is -0.925. The van der Waals surface area contributed by atoms with E-state index in [2.05, 4.69) is 9.24 Å². The third-order valence-electron chi connectivity index (χ3n) is 3.03. The van der Waals surface area contributed by atoms with Gasteiger partial charge in [-0.2, -0.15) is 0 Å². The monoisotopic (exact) mass is 305 g/mol. The van der Waals surface area contributed by atoms with Crippen LogP contribution in [0.15, 0.2) is 54.1 Å². The molecule has 0 fully saturated rings. The van der Waals surface area contributed by atoms with Gasteiger partial charge in [0.2, 0.25) is 0 Å². The fourth-order valence-corrected chi connectivity index (χ4v) is 2.49. The van der Waals surface area contributed by atoms with E-state index < -0.39 is 5.97 Å². The van der Waals surface area contributed by atoms with Gasteiger partial charge in [-0.25, -0.2) is 4.79 Å². The number of hydrogen-bond acceptors (Lipinski definition) is 3. The second-order valence-corrected chi connectivity index (χ2v) is 6.00. The molecule has 2 rings (SSSR count). The first-order chi connectivity index (χ1) is 9.60. The Morgan fingerprint density at radius 3 is 2.60 bits per heavy atom. The Morgan fingerprint density at radius 2 is 2.10 bits per heavy atom. The zero-order chi connectivity index (χ0) is 14.5. The maximum absolute atomic E-state index is 11.4. The molecule has 1 aliphatic carbocycles. The summed E-state index contributed by atoms with van der Waals surface area (Å²) >= 11 is 1.30. The van der Waals surface area contributed by atoms with Crippen molar-refractivity contribution in [2.75, 3.05) is 0 Å². The smallest absolute Gasteiger partial charge is 0.336 e. The summed E-state index contributed by atoms with van der Waals surface area (Å²) in [6.07, 6.45) is 8.45. The van der Waals surface area contributed by atoms with E-state index in [0.29, 0.717) is 11.1 Å². The van der Waals surface area contributed by atoms with Crippen LogP contribution in [0.2, 0.25) is 0 Å². The molecule has 0 aliphatic heterocycles. The minimum Gasteiger partial charge on any atom is -0.478 e. The normalized spacial score (nSPS) is 18.8. The highest BCUT2D eigenvalue weighted by atomic mass is 32.2. The number of carboxylic acid groups (broad SMARTS) is 1. The van der Waals surface area contributed by atoms with Gasteiger partial charge in [-0.1, -0.05) is 54.4 Å². The van der Waals surface area contributed by atoms with Gasteiger partial charge in [-0.05, 0) is 28.9 Å². The van der Waals surface area contributed by atoms with Crippen LogP contribution in [0, 0.1) is 0 Å². The van der Waals surface area contributed by atoms with Crippen molar-refractivity contribution in [1.82, 2.24) is 0 Å². The Morgan fingerprint density at radius 1 is 1.40 bits per heavy atom. The molecule has 2 unspecified atom stereocenters. The molecule has 1 aromatic carbocycles. The lowest BCUT2D eigenvalue weighted by atomic mass is 10.00. The van der Waals surface area contributed by atoms with Gasteiger partial charge in [0.15, 0.2) is 0 Å². The van der Waals surface area contributed by atoms with Crippen LogP contribution in [-0.4, -0.2) is 16.3 Å². The summed E-state index contributed by atoms with van der Waals surface area (Å²) in [5, 5.41) is 16.2. The van der Waals surface area contributed by atoms with E-state index in [0.717, 1.165) is 17.3 Å². The lowest BCUT2D eigenvalue weighted by Crippen LogP contribution is -2.05. The van der Waals surface area contributed by atoms with Crippen LogP contribution in [0.25, 0.3) is 5.57 Å². The molecule has 0 heterocycles. The molecule has 0 spiro atoms. The average Bonchev–Trinajstić information content (AvgIpc) is 2.46. The van der Waals surface area contributed by atoms with Crippen LogP contribution in [0.3, 0.4) is 0 Å². The Hall–Kier alpha value is -1.35. The Balaban J connectivity index is 2.28. The van der Waals surface area contributed by atoms with E-state index in [1.54, 1.807) is 6.08 Å². The maximum Gasteiger partial charge on any atom is 0.336 e. The minimum absolute atomic E-state index is 0.275. The number of aliphatic carboxylic acids is 1. The topological polar surface area (TPSA) is 63.3 Å².